The fourth-order valence-corrected chi connectivity index (χ4v) is 4.74. The first-order valence-corrected chi connectivity index (χ1v) is 8.65. The molecule has 1 aromatic carbocycles. The molecule has 2 unspecified atom stereocenters. The van der Waals surface area contributed by atoms with E-state index in [1.165, 1.54) is 18.2 Å². The summed E-state index contributed by atoms with van der Waals surface area (Å²) >= 11 is 5.90. The van der Waals surface area contributed by atoms with Gasteiger partial charge in [-0.1, -0.05) is 11.6 Å². The normalized spacial score (nSPS) is 26.9. The Hall–Kier alpha value is -0.820. The second-order valence-corrected chi connectivity index (χ2v) is 7.57. The number of nitrogens with zero attached hydrogens (tertiary/aromatic N) is 1. The molecule has 2 saturated heterocycles. The predicted molar refractivity (Wildman–Crippen MR) is 79.2 cm³/mol. The third kappa shape index (κ3) is 2.53. The molecule has 2 heterocycles. The van der Waals surface area contributed by atoms with Gasteiger partial charge in [0.25, 0.3) is 0 Å². The molecule has 0 aromatic heterocycles. The molecule has 2 atom stereocenters. The molecule has 2 aliphatic rings. The van der Waals surface area contributed by atoms with Gasteiger partial charge in [0.05, 0.1) is 15.6 Å². The lowest BCUT2D eigenvalue weighted by molar-refractivity contribution is 0.309. The molecule has 2 aliphatic heterocycles. The molecule has 0 aliphatic carbocycles. The van der Waals surface area contributed by atoms with Gasteiger partial charge in [0.1, 0.15) is 0 Å². The minimum Gasteiger partial charge on any atom is -0.398 e. The first-order chi connectivity index (χ1) is 9.47. The van der Waals surface area contributed by atoms with Crippen LogP contribution in [0, 0.1) is 0 Å². The van der Waals surface area contributed by atoms with Gasteiger partial charge in [-0.05, 0) is 44.0 Å². The number of fused-ring (bicyclic) bond motifs is 1. The average molecular weight is 316 g/mol. The molecule has 7 heteroatoms. The smallest absolute Gasteiger partial charge is 0.240 e. The van der Waals surface area contributed by atoms with E-state index in [0.29, 0.717) is 11.7 Å². The van der Waals surface area contributed by atoms with Gasteiger partial charge in [0.2, 0.25) is 10.0 Å². The van der Waals surface area contributed by atoms with Gasteiger partial charge in [0.15, 0.2) is 0 Å². The zero-order chi connectivity index (χ0) is 14.3. The van der Waals surface area contributed by atoms with E-state index in [2.05, 4.69) is 9.62 Å². The largest absolute Gasteiger partial charge is 0.398 e. The standard InChI is InChI=1S/C13H18ClN3O2S/c14-10-8-9(3-4-11(10)15)20(18,19)16-12-5-7-17-6-1-2-13(12)17/h3-4,8,12-13,16H,1-2,5-7,15H2. The molecule has 20 heavy (non-hydrogen) atoms. The third-order valence-corrected chi connectivity index (χ3v) is 6.01. The summed E-state index contributed by atoms with van der Waals surface area (Å²) in [6.07, 6.45) is 3.08. The van der Waals surface area contributed by atoms with Crippen LogP contribution in [0.5, 0.6) is 0 Å². The topological polar surface area (TPSA) is 75.4 Å². The Balaban J connectivity index is 1.80. The van der Waals surface area contributed by atoms with Crippen molar-refractivity contribution < 1.29 is 8.42 Å². The minimum absolute atomic E-state index is 0.00108. The van der Waals surface area contributed by atoms with Crippen LogP contribution in [0.1, 0.15) is 19.3 Å². The lowest BCUT2D eigenvalue weighted by Crippen LogP contribution is -2.42. The summed E-state index contributed by atoms with van der Waals surface area (Å²) in [6.45, 7) is 2.05. The molecule has 0 bridgehead atoms. The maximum Gasteiger partial charge on any atom is 0.240 e. The lowest BCUT2D eigenvalue weighted by Gasteiger charge is -2.21. The number of anilines is 1. The number of rotatable bonds is 3. The summed E-state index contributed by atoms with van der Waals surface area (Å²) in [4.78, 5) is 2.54. The van der Waals surface area contributed by atoms with E-state index in [9.17, 15) is 8.42 Å². The molecule has 110 valence electrons. The minimum atomic E-state index is -3.54. The Bertz CT molecular complexity index is 620. The Morgan fingerprint density at radius 3 is 2.85 bits per heavy atom. The van der Waals surface area contributed by atoms with E-state index >= 15 is 0 Å². The van der Waals surface area contributed by atoms with E-state index in [1.807, 2.05) is 0 Å². The summed E-state index contributed by atoms with van der Waals surface area (Å²) < 4.78 is 27.6. The zero-order valence-electron chi connectivity index (χ0n) is 11.0. The summed E-state index contributed by atoms with van der Waals surface area (Å²) in [5.74, 6) is 0. The summed E-state index contributed by atoms with van der Waals surface area (Å²) in [5.41, 5.74) is 5.99. The van der Waals surface area contributed by atoms with Crippen LogP contribution >= 0.6 is 11.6 Å². The molecule has 0 saturated carbocycles. The Kier molecular flexibility index (Phi) is 3.66. The number of hydrogen-bond acceptors (Lipinski definition) is 4. The van der Waals surface area contributed by atoms with E-state index in [1.54, 1.807) is 0 Å². The van der Waals surface area contributed by atoms with Gasteiger partial charge in [-0.15, -0.1) is 0 Å². The third-order valence-electron chi connectivity index (χ3n) is 4.19. The molecule has 0 amide bonds. The van der Waals surface area contributed by atoms with Crippen molar-refractivity contribution in [1.29, 1.82) is 0 Å². The van der Waals surface area contributed by atoms with Crippen LogP contribution < -0.4 is 10.5 Å². The highest BCUT2D eigenvalue weighted by Crippen LogP contribution is 2.29. The van der Waals surface area contributed by atoms with Crippen LogP contribution in [-0.4, -0.2) is 38.5 Å². The number of nitrogens with two attached hydrogens (primary N) is 1. The first kappa shape index (κ1) is 14.1. The number of sulfonamides is 1. The van der Waals surface area contributed by atoms with E-state index in [4.69, 9.17) is 17.3 Å². The van der Waals surface area contributed by atoms with Crippen molar-refractivity contribution in [3.8, 4) is 0 Å². The van der Waals surface area contributed by atoms with Crippen molar-refractivity contribution >= 4 is 27.3 Å². The van der Waals surface area contributed by atoms with Crippen molar-refractivity contribution in [2.24, 2.45) is 0 Å². The molecule has 1 aromatic rings. The number of halogens is 1. The highest BCUT2D eigenvalue weighted by Gasteiger charge is 2.39. The number of nitrogen functional groups attached to an aromatic ring is 1. The number of benzene rings is 1. The van der Waals surface area contributed by atoms with Crippen LogP contribution in [0.25, 0.3) is 0 Å². The monoisotopic (exact) mass is 315 g/mol. The second kappa shape index (κ2) is 5.18. The van der Waals surface area contributed by atoms with Crippen LogP contribution in [0.4, 0.5) is 5.69 Å². The summed E-state index contributed by atoms with van der Waals surface area (Å²) in [7, 11) is -3.54. The quantitative estimate of drug-likeness (QED) is 0.828. The highest BCUT2D eigenvalue weighted by atomic mass is 35.5. The maximum atomic E-state index is 12.4. The SMILES string of the molecule is Nc1ccc(S(=O)(=O)NC2CCN3CCCC23)cc1Cl. The van der Waals surface area contributed by atoms with Crippen molar-refractivity contribution in [3.05, 3.63) is 23.2 Å². The fourth-order valence-electron chi connectivity index (χ4n) is 3.16. The van der Waals surface area contributed by atoms with Crippen LogP contribution in [0.15, 0.2) is 23.1 Å². The molecule has 0 spiro atoms. The lowest BCUT2D eigenvalue weighted by atomic mass is 10.1. The number of nitrogens with one attached hydrogen (secondary N) is 1. The summed E-state index contributed by atoms with van der Waals surface area (Å²) in [5, 5.41) is 0.266. The van der Waals surface area contributed by atoms with Crippen molar-refractivity contribution in [3.63, 3.8) is 0 Å². The number of hydrogen-bond donors (Lipinski definition) is 2. The van der Waals surface area contributed by atoms with E-state index in [0.717, 1.165) is 32.4 Å². The average Bonchev–Trinajstić information content (AvgIpc) is 2.97. The Morgan fingerprint density at radius 1 is 1.30 bits per heavy atom. The molecule has 3 N–H and O–H groups in total. The zero-order valence-corrected chi connectivity index (χ0v) is 12.6. The molecular formula is C13H18ClN3O2S. The highest BCUT2D eigenvalue weighted by molar-refractivity contribution is 7.89. The van der Waals surface area contributed by atoms with Gasteiger partial charge >= 0.3 is 0 Å². The molecule has 2 fully saturated rings. The van der Waals surface area contributed by atoms with Crippen molar-refractivity contribution in [2.45, 2.75) is 36.2 Å². The summed E-state index contributed by atoms with van der Waals surface area (Å²) in [6, 6.07) is 4.76. The second-order valence-electron chi connectivity index (χ2n) is 5.45. The van der Waals surface area contributed by atoms with Crippen LogP contribution in [0.2, 0.25) is 5.02 Å². The van der Waals surface area contributed by atoms with Gasteiger partial charge in [-0.2, -0.15) is 0 Å². The maximum absolute atomic E-state index is 12.4. The molecule has 0 radical (unpaired) electrons. The van der Waals surface area contributed by atoms with Gasteiger partial charge in [0, 0.05) is 18.6 Å². The molecule has 5 nitrogen and oxygen atoms in total. The van der Waals surface area contributed by atoms with E-state index < -0.39 is 10.0 Å². The van der Waals surface area contributed by atoms with Crippen molar-refractivity contribution in [1.82, 2.24) is 9.62 Å². The van der Waals surface area contributed by atoms with Crippen molar-refractivity contribution in [2.75, 3.05) is 18.8 Å². The fraction of sp³-hybridized carbons (Fsp3) is 0.538. The van der Waals surface area contributed by atoms with Crippen LogP contribution in [-0.2, 0) is 10.0 Å². The Morgan fingerprint density at radius 2 is 2.10 bits per heavy atom. The predicted octanol–water partition coefficient (Wildman–Crippen LogP) is 1.44. The molecule has 3 rings (SSSR count). The first-order valence-electron chi connectivity index (χ1n) is 6.79. The van der Waals surface area contributed by atoms with Crippen LogP contribution in [0.3, 0.4) is 0 Å². The molecular weight excluding hydrogens is 298 g/mol. The van der Waals surface area contributed by atoms with Gasteiger partial charge < -0.3 is 5.73 Å². The van der Waals surface area contributed by atoms with Gasteiger partial charge in [-0.3, -0.25) is 4.90 Å². The van der Waals surface area contributed by atoms with E-state index in [-0.39, 0.29) is 16.0 Å². The van der Waals surface area contributed by atoms with Gasteiger partial charge in [-0.25, -0.2) is 13.1 Å². The Labute approximate surface area is 124 Å².